The molecular weight excluding hydrogens is 171 g/mol. The van der Waals surface area contributed by atoms with Crippen molar-refractivity contribution >= 4 is 7.72 Å². The van der Waals surface area contributed by atoms with Crippen molar-refractivity contribution < 1.29 is 9.05 Å². The van der Waals surface area contributed by atoms with E-state index in [0.717, 1.165) is 5.75 Å². The molecule has 2 nitrogen and oxygen atoms in total. The Morgan fingerprint density at radius 3 is 2.17 bits per heavy atom. The van der Waals surface area contributed by atoms with Gasteiger partial charge < -0.3 is 0 Å². The second kappa shape index (κ2) is 3.88. The fourth-order valence-corrected chi connectivity index (χ4v) is 1.60. The van der Waals surface area contributed by atoms with E-state index in [1.165, 1.54) is 0 Å². The first kappa shape index (κ1) is 9.50. The van der Waals surface area contributed by atoms with Crippen LogP contribution in [0.3, 0.4) is 0 Å². The summed E-state index contributed by atoms with van der Waals surface area (Å²) in [5.74, 6) is 0.885. The second-order valence-corrected chi connectivity index (χ2v) is 6.43. The summed E-state index contributed by atoms with van der Waals surface area (Å²) >= 11 is 0. The van der Waals surface area contributed by atoms with Gasteiger partial charge in [0, 0.05) is 0 Å². The van der Waals surface area contributed by atoms with Crippen LogP contribution in [0.25, 0.3) is 0 Å². The van der Waals surface area contributed by atoms with Gasteiger partial charge >= 0.3 is 73.3 Å². The van der Waals surface area contributed by atoms with E-state index in [1.54, 1.807) is 7.11 Å². The van der Waals surface area contributed by atoms with Gasteiger partial charge in [-0.1, -0.05) is 0 Å². The third kappa shape index (κ3) is 2.80. The summed E-state index contributed by atoms with van der Waals surface area (Å²) in [6.07, 6.45) is 0. The average molecular weight is 186 g/mol. The van der Waals surface area contributed by atoms with Gasteiger partial charge in [-0.15, -0.1) is 0 Å². The van der Waals surface area contributed by atoms with Crippen LogP contribution in [-0.2, 0) is 4.52 Å². The molecule has 0 fully saturated rings. The van der Waals surface area contributed by atoms with Crippen LogP contribution in [0.2, 0.25) is 0 Å². The van der Waals surface area contributed by atoms with Crippen LogP contribution in [0.4, 0.5) is 0 Å². The Morgan fingerprint density at radius 2 is 1.67 bits per heavy atom. The van der Waals surface area contributed by atoms with Crippen molar-refractivity contribution in [1.29, 1.82) is 0 Å². The van der Waals surface area contributed by atoms with Gasteiger partial charge in [-0.05, 0) is 0 Å². The van der Waals surface area contributed by atoms with Crippen molar-refractivity contribution in [3.05, 3.63) is 30.3 Å². The monoisotopic (exact) mass is 186 g/mol. The maximum absolute atomic E-state index is 5.67. The predicted octanol–water partition coefficient (Wildman–Crippen LogP) is 2.55. The Bertz CT molecular complexity index is 234. The van der Waals surface area contributed by atoms with E-state index in [4.69, 9.17) is 9.05 Å². The third-order valence-corrected chi connectivity index (χ3v) is 3.31. The zero-order valence-corrected chi connectivity index (χ0v) is 8.70. The minimum absolute atomic E-state index is 0.885. The Hall–Kier alpha value is -0.590. The first-order chi connectivity index (χ1) is 5.64. The van der Waals surface area contributed by atoms with E-state index in [1.807, 2.05) is 43.7 Å². The maximum atomic E-state index is 5.67. The molecule has 1 aromatic rings. The Labute approximate surface area is 74.0 Å². The quantitative estimate of drug-likeness (QED) is 0.675. The minimum atomic E-state index is -1.92. The van der Waals surface area contributed by atoms with Crippen LogP contribution >= 0.6 is 7.72 Å². The molecule has 0 aliphatic carbocycles. The summed E-state index contributed by atoms with van der Waals surface area (Å²) in [7, 11) is -0.228. The standard InChI is InChI=1S/C9H15O2P/c1-10-12(2,3)11-9-7-5-4-6-8-9/h4-8,12H,1-3H3. The fourth-order valence-electron chi connectivity index (χ4n) is 0.814. The van der Waals surface area contributed by atoms with Crippen LogP contribution in [0.1, 0.15) is 0 Å². The van der Waals surface area contributed by atoms with E-state index in [2.05, 4.69) is 0 Å². The van der Waals surface area contributed by atoms with Gasteiger partial charge in [-0.2, -0.15) is 0 Å². The van der Waals surface area contributed by atoms with Crippen LogP contribution in [0, 0.1) is 0 Å². The van der Waals surface area contributed by atoms with Crippen molar-refractivity contribution in [2.24, 2.45) is 0 Å². The molecule has 0 amide bonds. The molecule has 68 valence electrons. The third-order valence-electron chi connectivity index (χ3n) is 1.60. The Balaban J connectivity index is 2.64. The summed E-state index contributed by atoms with van der Waals surface area (Å²) in [5.41, 5.74) is 0. The van der Waals surface area contributed by atoms with Gasteiger partial charge in [-0.25, -0.2) is 0 Å². The fraction of sp³-hybridized carbons (Fsp3) is 0.333. The number of hydrogen-bond acceptors (Lipinski definition) is 2. The van der Waals surface area contributed by atoms with Gasteiger partial charge in [0.15, 0.2) is 0 Å². The van der Waals surface area contributed by atoms with Crippen molar-refractivity contribution in [3.8, 4) is 5.75 Å². The molecule has 0 bridgehead atoms. The predicted molar refractivity (Wildman–Crippen MR) is 54.2 cm³/mol. The number of hydrogen-bond donors (Lipinski definition) is 0. The molecule has 0 aliphatic rings. The van der Waals surface area contributed by atoms with Crippen LogP contribution in [0.15, 0.2) is 30.3 Å². The summed E-state index contributed by atoms with van der Waals surface area (Å²) in [5, 5.41) is 0. The first-order valence-electron chi connectivity index (χ1n) is 3.93. The van der Waals surface area contributed by atoms with Crippen LogP contribution < -0.4 is 4.52 Å². The molecule has 0 atom stereocenters. The molecule has 1 aromatic carbocycles. The number of rotatable bonds is 3. The number of benzene rings is 1. The molecule has 0 saturated heterocycles. The number of para-hydroxylation sites is 1. The molecule has 0 spiro atoms. The zero-order chi connectivity index (χ0) is 9.03. The first-order valence-corrected chi connectivity index (χ1v) is 6.75. The van der Waals surface area contributed by atoms with E-state index < -0.39 is 7.72 Å². The second-order valence-electron chi connectivity index (χ2n) is 3.02. The summed E-state index contributed by atoms with van der Waals surface area (Å²) in [6, 6.07) is 9.75. The molecule has 0 aromatic heterocycles. The van der Waals surface area contributed by atoms with Crippen molar-refractivity contribution in [2.45, 2.75) is 0 Å². The molecule has 0 radical (unpaired) electrons. The van der Waals surface area contributed by atoms with E-state index in [9.17, 15) is 0 Å². The van der Waals surface area contributed by atoms with Crippen molar-refractivity contribution in [2.75, 3.05) is 20.4 Å². The summed E-state index contributed by atoms with van der Waals surface area (Å²) in [4.78, 5) is 0. The molecule has 0 aliphatic heterocycles. The molecular formula is C9H15O2P. The van der Waals surface area contributed by atoms with E-state index in [-0.39, 0.29) is 0 Å². The van der Waals surface area contributed by atoms with Gasteiger partial charge in [0.2, 0.25) is 0 Å². The molecule has 0 unspecified atom stereocenters. The molecule has 1 rings (SSSR count). The van der Waals surface area contributed by atoms with Gasteiger partial charge in [-0.3, -0.25) is 0 Å². The normalized spacial score (nSPS) is 12.6. The van der Waals surface area contributed by atoms with Gasteiger partial charge in [0.1, 0.15) is 0 Å². The van der Waals surface area contributed by atoms with E-state index >= 15 is 0 Å². The van der Waals surface area contributed by atoms with Crippen LogP contribution in [-0.4, -0.2) is 20.4 Å². The topological polar surface area (TPSA) is 18.5 Å². The average Bonchev–Trinajstić information content (AvgIpc) is 2.06. The molecule has 3 heteroatoms. The van der Waals surface area contributed by atoms with E-state index in [0.29, 0.717) is 0 Å². The van der Waals surface area contributed by atoms with Crippen molar-refractivity contribution in [1.82, 2.24) is 0 Å². The zero-order valence-electron chi connectivity index (χ0n) is 7.70. The van der Waals surface area contributed by atoms with Crippen molar-refractivity contribution in [3.63, 3.8) is 0 Å². The molecule has 12 heavy (non-hydrogen) atoms. The Morgan fingerprint density at radius 1 is 1.08 bits per heavy atom. The summed E-state index contributed by atoms with van der Waals surface area (Å²) in [6.45, 7) is 4.03. The SMILES string of the molecule is CO[PH](C)(C)Oc1ccccc1. The van der Waals surface area contributed by atoms with Gasteiger partial charge in [0.05, 0.1) is 0 Å². The Kier molecular flexibility index (Phi) is 3.07. The molecule has 0 heterocycles. The molecule has 0 N–H and O–H groups in total. The molecule has 0 saturated carbocycles. The van der Waals surface area contributed by atoms with Crippen LogP contribution in [0.5, 0.6) is 5.75 Å². The van der Waals surface area contributed by atoms with Gasteiger partial charge in [0.25, 0.3) is 0 Å². The summed E-state index contributed by atoms with van der Waals surface area (Å²) < 4.78 is 10.9.